The number of hydrogen-bond acceptors (Lipinski definition) is 2. The molecule has 2 N–H and O–H groups in total. The molecule has 0 aromatic heterocycles. The van der Waals surface area contributed by atoms with Gasteiger partial charge < -0.3 is 10.2 Å². The summed E-state index contributed by atoms with van der Waals surface area (Å²) in [5.74, 6) is -0.466. The van der Waals surface area contributed by atoms with Crippen LogP contribution >= 0.6 is 11.6 Å². The Kier molecular flexibility index (Phi) is 3.86. The number of aliphatic hydroxyl groups is 2. The standard InChI is InChI=1S/C10H12ClFO2/c1-6-4-7(9(14)2-3-13)5-8(11)10(6)12/h4-5,9,13-14H,2-3H2,1H3. The minimum absolute atomic E-state index is 0.00279. The van der Waals surface area contributed by atoms with E-state index < -0.39 is 11.9 Å². The Labute approximate surface area is 86.9 Å². The molecule has 0 aliphatic carbocycles. The highest BCUT2D eigenvalue weighted by atomic mass is 35.5. The molecule has 1 aromatic carbocycles. The maximum Gasteiger partial charge on any atom is 0.144 e. The van der Waals surface area contributed by atoms with Crippen molar-refractivity contribution in [2.24, 2.45) is 0 Å². The largest absolute Gasteiger partial charge is 0.396 e. The number of halogens is 2. The maximum absolute atomic E-state index is 13.1. The lowest BCUT2D eigenvalue weighted by molar-refractivity contribution is 0.134. The summed E-state index contributed by atoms with van der Waals surface area (Å²) in [6.45, 7) is 1.46. The average Bonchev–Trinajstić information content (AvgIpc) is 2.13. The monoisotopic (exact) mass is 218 g/mol. The van der Waals surface area contributed by atoms with Gasteiger partial charge in [-0.05, 0) is 24.1 Å². The molecule has 0 bridgehead atoms. The second kappa shape index (κ2) is 4.73. The summed E-state index contributed by atoms with van der Waals surface area (Å²) in [6, 6.07) is 2.91. The highest BCUT2D eigenvalue weighted by Gasteiger charge is 2.11. The number of aryl methyl sites for hydroxylation is 1. The molecule has 0 saturated heterocycles. The summed E-state index contributed by atoms with van der Waals surface area (Å²) < 4.78 is 13.1. The van der Waals surface area contributed by atoms with Crippen molar-refractivity contribution in [3.63, 3.8) is 0 Å². The molecule has 1 aromatic rings. The van der Waals surface area contributed by atoms with Gasteiger partial charge in [0, 0.05) is 13.0 Å². The van der Waals surface area contributed by atoms with Gasteiger partial charge in [0.05, 0.1) is 11.1 Å². The van der Waals surface area contributed by atoms with E-state index in [2.05, 4.69) is 0 Å². The third-order valence-corrected chi connectivity index (χ3v) is 2.29. The van der Waals surface area contributed by atoms with Crippen LogP contribution in [0, 0.1) is 12.7 Å². The number of benzene rings is 1. The molecule has 1 unspecified atom stereocenters. The second-order valence-corrected chi connectivity index (χ2v) is 3.57. The second-order valence-electron chi connectivity index (χ2n) is 3.16. The fraction of sp³-hybridized carbons (Fsp3) is 0.400. The van der Waals surface area contributed by atoms with Gasteiger partial charge in [-0.15, -0.1) is 0 Å². The molecule has 0 fully saturated rings. The first kappa shape index (κ1) is 11.4. The van der Waals surface area contributed by atoms with Crippen LogP contribution in [-0.2, 0) is 0 Å². The fourth-order valence-corrected chi connectivity index (χ4v) is 1.51. The summed E-state index contributed by atoms with van der Waals surface area (Å²) in [4.78, 5) is 0. The molecule has 0 amide bonds. The number of aliphatic hydroxyl groups excluding tert-OH is 2. The molecule has 78 valence electrons. The van der Waals surface area contributed by atoms with E-state index in [0.29, 0.717) is 11.1 Å². The first-order valence-corrected chi connectivity index (χ1v) is 4.68. The van der Waals surface area contributed by atoms with E-state index >= 15 is 0 Å². The van der Waals surface area contributed by atoms with Gasteiger partial charge in [0.2, 0.25) is 0 Å². The minimum Gasteiger partial charge on any atom is -0.396 e. The van der Waals surface area contributed by atoms with Crippen LogP contribution in [0.3, 0.4) is 0 Å². The number of hydrogen-bond donors (Lipinski definition) is 2. The highest BCUT2D eigenvalue weighted by Crippen LogP contribution is 2.25. The quantitative estimate of drug-likeness (QED) is 0.817. The van der Waals surface area contributed by atoms with Crippen LogP contribution in [0.1, 0.15) is 23.7 Å². The van der Waals surface area contributed by atoms with Crippen LogP contribution in [0.15, 0.2) is 12.1 Å². The Morgan fingerprint density at radius 1 is 1.50 bits per heavy atom. The Bertz CT molecular complexity index is 305. The van der Waals surface area contributed by atoms with E-state index in [1.165, 1.54) is 12.1 Å². The van der Waals surface area contributed by atoms with Gasteiger partial charge in [-0.2, -0.15) is 0 Å². The number of rotatable bonds is 3. The zero-order valence-electron chi connectivity index (χ0n) is 7.80. The van der Waals surface area contributed by atoms with Crippen LogP contribution in [0.25, 0.3) is 0 Å². The molecule has 0 spiro atoms. The molecule has 0 aliphatic rings. The average molecular weight is 219 g/mol. The van der Waals surface area contributed by atoms with E-state index in [1.807, 2.05) is 0 Å². The van der Waals surface area contributed by atoms with Crippen molar-refractivity contribution in [1.82, 2.24) is 0 Å². The van der Waals surface area contributed by atoms with E-state index in [0.717, 1.165) is 0 Å². The summed E-state index contributed by atoms with van der Waals surface area (Å²) in [5.41, 5.74) is 0.924. The van der Waals surface area contributed by atoms with E-state index in [1.54, 1.807) is 6.92 Å². The van der Waals surface area contributed by atoms with Gasteiger partial charge in [-0.25, -0.2) is 4.39 Å². The van der Waals surface area contributed by atoms with Crippen molar-refractivity contribution in [3.05, 3.63) is 34.1 Å². The van der Waals surface area contributed by atoms with Gasteiger partial charge in [-0.3, -0.25) is 0 Å². The molecule has 0 aliphatic heterocycles. The molecule has 0 saturated carbocycles. The van der Waals surface area contributed by atoms with Gasteiger partial charge in [-0.1, -0.05) is 17.7 Å². The molecule has 14 heavy (non-hydrogen) atoms. The van der Waals surface area contributed by atoms with Crippen molar-refractivity contribution in [2.45, 2.75) is 19.4 Å². The lowest BCUT2D eigenvalue weighted by Gasteiger charge is -2.11. The van der Waals surface area contributed by atoms with Crippen molar-refractivity contribution >= 4 is 11.6 Å². The first-order valence-electron chi connectivity index (χ1n) is 4.30. The maximum atomic E-state index is 13.1. The Balaban J connectivity index is 3.00. The third-order valence-electron chi connectivity index (χ3n) is 2.02. The van der Waals surface area contributed by atoms with E-state index in [-0.39, 0.29) is 18.1 Å². The Hall–Kier alpha value is -0.640. The zero-order chi connectivity index (χ0) is 10.7. The van der Waals surface area contributed by atoms with Gasteiger partial charge in [0.15, 0.2) is 0 Å². The third kappa shape index (κ3) is 2.44. The van der Waals surface area contributed by atoms with E-state index in [9.17, 15) is 9.50 Å². The summed E-state index contributed by atoms with van der Waals surface area (Å²) in [6.07, 6.45) is -0.571. The highest BCUT2D eigenvalue weighted by molar-refractivity contribution is 6.30. The van der Waals surface area contributed by atoms with Crippen LogP contribution in [-0.4, -0.2) is 16.8 Å². The normalized spacial score (nSPS) is 12.9. The SMILES string of the molecule is Cc1cc(C(O)CCO)cc(Cl)c1F. The van der Waals surface area contributed by atoms with Gasteiger partial charge in [0.25, 0.3) is 0 Å². The van der Waals surface area contributed by atoms with E-state index in [4.69, 9.17) is 16.7 Å². The van der Waals surface area contributed by atoms with Gasteiger partial charge >= 0.3 is 0 Å². The predicted molar refractivity (Wildman–Crippen MR) is 52.8 cm³/mol. The fourth-order valence-electron chi connectivity index (χ4n) is 1.23. The predicted octanol–water partition coefficient (Wildman–Crippen LogP) is 2.20. The summed E-state index contributed by atoms with van der Waals surface area (Å²) in [7, 11) is 0. The van der Waals surface area contributed by atoms with Crippen molar-refractivity contribution < 1.29 is 14.6 Å². The molecular formula is C10H12ClFO2. The Morgan fingerprint density at radius 2 is 2.14 bits per heavy atom. The first-order chi connectivity index (χ1) is 6.56. The molecule has 0 radical (unpaired) electrons. The van der Waals surface area contributed by atoms with Crippen LogP contribution < -0.4 is 0 Å². The lowest BCUT2D eigenvalue weighted by Crippen LogP contribution is -2.01. The van der Waals surface area contributed by atoms with Crippen molar-refractivity contribution in [2.75, 3.05) is 6.61 Å². The van der Waals surface area contributed by atoms with Crippen molar-refractivity contribution in [3.8, 4) is 0 Å². The summed E-state index contributed by atoms with van der Waals surface area (Å²) in [5, 5.41) is 18.1. The molecular weight excluding hydrogens is 207 g/mol. The zero-order valence-corrected chi connectivity index (χ0v) is 8.55. The van der Waals surface area contributed by atoms with Gasteiger partial charge in [0.1, 0.15) is 5.82 Å². The van der Waals surface area contributed by atoms with Crippen LogP contribution in [0.5, 0.6) is 0 Å². The van der Waals surface area contributed by atoms with Crippen LogP contribution in [0.2, 0.25) is 5.02 Å². The lowest BCUT2D eigenvalue weighted by atomic mass is 10.0. The summed E-state index contributed by atoms with van der Waals surface area (Å²) >= 11 is 5.61. The van der Waals surface area contributed by atoms with Crippen LogP contribution in [0.4, 0.5) is 4.39 Å². The topological polar surface area (TPSA) is 40.5 Å². The molecule has 2 nitrogen and oxygen atoms in total. The smallest absolute Gasteiger partial charge is 0.144 e. The minimum atomic E-state index is -0.795. The molecule has 1 atom stereocenters. The van der Waals surface area contributed by atoms with Crippen molar-refractivity contribution in [1.29, 1.82) is 0 Å². The molecule has 0 heterocycles. The Morgan fingerprint density at radius 3 is 2.64 bits per heavy atom. The molecule has 1 rings (SSSR count). The molecule has 4 heteroatoms.